The lowest BCUT2D eigenvalue weighted by Gasteiger charge is -2.21. The molecule has 2 aromatic rings. The molecule has 0 atom stereocenters. The molecule has 0 aliphatic rings. The van der Waals surface area contributed by atoms with Crippen molar-refractivity contribution in [2.75, 3.05) is 5.73 Å². The minimum Gasteiger partial charge on any atom is -0.384 e. The minimum atomic E-state index is -0.576. The van der Waals surface area contributed by atoms with E-state index >= 15 is 0 Å². The Kier molecular flexibility index (Phi) is 2.60. The summed E-state index contributed by atoms with van der Waals surface area (Å²) in [7, 11) is 0. The molecule has 0 spiro atoms. The van der Waals surface area contributed by atoms with Crippen molar-refractivity contribution in [1.29, 1.82) is 0 Å². The molecule has 0 bridgehead atoms. The third kappa shape index (κ3) is 2.00. The summed E-state index contributed by atoms with van der Waals surface area (Å²) in [6, 6.07) is 1.68. The van der Waals surface area contributed by atoms with Crippen molar-refractivity contribution in [2.45, 2.75) is 19.4 Å². The normalized spacial score (nSPS) is 11.8. The van der Waals surface area contributed by atoms with Crippen LogP contribution in [-0.4, -0.2) is 15.2 Å². The number of pyridine rings is 2. The predicted molar refractivity (Wildman–Crippen MR) is 64.4 cm³/mol. The van der Waals surface area contributed by atoms with Crippen LogP contribution in [0.25, 0.3) is 10.8 Å². The van der Waals surface area contributed by atoms with E-state index < -0.39 is 5.54 Å². The minimum absolute atomic E-state index is 0.0838. The molecule has 0 aliphatic carbocycles. The standard InChI is InChI=1S/C11H14N4O2/c1-11(2,13)8-5-15-10(17-16)7-4-14-9(12)3-6(7)8/h3-5,16H,13H2,1-2H3,(H2,12,14). The van der Waals surface area contributed by atoms with E-state index in [9.17, 15) is 0 Å². The number of nitrogens with two attached hydrogens (primary N) is 2. The van der Waals surface area contributed by atoms with Crippen molar-refractivity contribution in [3.05, 3.63) is 24.0 Å². The second-order valence-electron chi connectivity index (χ2n) is 4.44. The summed E-state index contributed by atoms with van der Waals surface area (Å²) in [6.45, 7) is 3.72. The van der Waals surface area contributed by atoms with Gasteiger partial charge in [-0.1, -0.05) is 0 Å². The maximum Gasteiger partial charge on any atom is 0.265 e. The van der Waals surface area contributed by atoms with Crippen LogP contribution in [0, 0.1) is 0 Å². The van der Waals surface area contributed by atoms with Crippen LogP contribution in [0.5, 0.6) is 5.88 Å². The van der Waals surface area contributed by atoms with Crippen LogP contribution in [0.15, 0.2) is 18.5 Å². The quantitative estimate of drug-likeness (QED) is 0.533. The third-order valence-electron chi connectivity index (χ3n) is 2.54. The molecule has 0 saturated heterocycles. The fourth-order valence-corrected chi connectivity index (χ4v) is 1.71. The molecule has 2 rings (SSSR count). The molecular weight excluding hydrogens is 220 g/mol. The fourth-order valence-electron chi connectivity index (χ4n) is 1.71. The van der Waals surface area contributed by atoms with Crippen molar-refractivity contribution in [1.82, 2.24) is 9.97 Å². The number of fused-ring (bicyclic) bond motifs is 1. The summed E-state index contributed by atoms with van der Waals surface area (Å²) >= 11 is 0. The van der Waals surface area contributed by atoms with Gasteiger partial charge in [0.1, 0.15) is 5.82 Å². The summed E-state index contributed by atoms with van der Waals surface area (Å²) < 4.78 is 0. The van der Waals surface area contributed by atoms with E-state index in [4.69, 9.17) is 16.7 Å². The molecule has 2 aromatic heterocycles. The Bertz CT molecular complexity index is 563. The summed E-state index contributed by atoms with van der Waals surface area (Å²) in [4.78, 5) is 12.1. The third-order valence-corrected chi connectivity index (χ3v) is 2.54. The van der Waals surface area contributed by atoms with Gasteiger partial charge in [-0.2, -0.15) is 0 Å². The van der Waals surface area contributed by atoms with Gasteiger partial charge in [0, 0.05) is 17.9 Å². The highest BCUT2D eigenvalue weighted by atomic mass is 17.1. The Balaban J connectivity index is 2.84. The van der Waals surface area contributed by atoms with Crippen molar-refractivity contribution in [2.24, 2.45) is 5.73 Å². The highest BCUT2D eigenvalue weighted by Gasteiger charge is 2.20. The van der Waals surface area contributed by atoms with Crippen LogP contribution >= 0.6 is 0 Å². The average molecular weight is 234 g/mol. The van der Waals surface area contributed by atoms with Gasteiger partial charge in [0.15, 0.2) is 0 Å². The Morgan fingerprint density at radius 2 is 1.94 bits per heavy atom. The largest absolute Gasteiger partial charge is 0.384 e. The maximum atomic E-state index is 8.75. The molecule has 6 nitrogen and oxygen atoms in total. The van der Waals surface area contributed by atoms with Gasteiger partial charge in [-0.3, -0.25) is 0 Å². The molecule has 17 heavy (non-hydrogen) atoms. The van der Waals surface area contributed by atoms with E-state index in [-0.39, 0.29) is 5.88 Å². The van der Waals surface area contributed by atoms with E-state index in [1.807, 2.05) is 13.8 Å². The number of rotatable bonds is 2. The first kappa shape index (κ1) is 11.6. The summed E-state index contributed by atoms with van der Waals surface area (Å²) in [5.41, 5.74) is 11.9. The first-order valence-electron chi connectivity index (χ1n) is 5.08. The molecular formula is C11H14N4O2. The van der Waals surface area contributed by atoms with Gasteiger partial charge in [-0.05, 0) is 30.9 Å². The molecule has 2 heterocycles. The highest BCUT2D eigenvalue weighted by Crippen LogP contribution is 2.31. The molecule has 0 aliphatic heterocycles. The van der Waals surface area contributed by atoms with Crippen LogP contribution in [0.1, 0.15) is 19.4 Å². The first-order chi connectivity index (χ1) is 7.93. The van der Waals surface area contributed by atoms with Crippen molar-refractivity contribution >= 4 is 16.6 Å². The number of hydrogen-bond acceptors (Lipinski definition) is 6. The maximum absolute atomic E-state index is 8.75. The highest BCUT2D eigenvalue weighted by molar-refractivity contribution is 5.91. The zero-order chi connectivity index (χ0) is 12.6. The Morgan fingerprint density at radius 3 is 2.53 bits per heavy atom. The number of hydrogen-bond donors (Lipinski definition) is 3. The Morgan fingerprint density at radius 1 is 1.24 bits per heavy atom. The summed E-state index contributed by atoms with van der Waals surface area (Å²) in [5, 5.41) is 10.1. The SMILES string of the molecule is CC(C)(N)c1cnc(OO)c2cnc(N)cc12. The molecule has 0 fully saturated rings. The first-order valence-corrected chi connectivity index (χ1v) is 5.08. The summed E-state index contributed by atoms with van der Waals surface area (Å²) in [5.74, 6) is 0.457. The van der Waals surface area contributed by atoms with E-state index in [1.165, 1.54) is 6.20 Å². The monoisotopic (exact) mass is 234 g/mol. The molecule has 0 saturated carbocycles. The van der Waals surface area contributed by atoms with Gasteiger partial charge in [0.2, 0.25) is 0 Å². The van der Waals surface area contributed by atoms with Gasteiger partial charge in [0.05, 0.1) is 5.39 Å². The fraction of sp³-hybridized carbons (Fsp3) is 0.273. The molecule has 0 radical (unpaired) electrons. The van der Waals surface area contributed by atoms with Gasteiger partial charge < -0.3 is 16.4 Å². The van der Waals surface area contributed by atoms with Crippen LogP contribution in [0.4, 0.5) is 5.82 Å². The lowest BCUT2D eigenvalue weighted by Crippen LogP contribution is -2.29. The average Bonchev–Trinajstić information content (AvgIpc) is 2.25. The number of nitrogen functional groups attached to an aromatic ring is 1. The molecule has 0 amide bonds. The Labute approximate surface area is 98.2 Å². The smallest absolute Gasteiger partial charge is 0.265 e. The van der Waals surface area contributed by atoms with Crippen molar-refractivity contribution in [3.63, 3.8) is 0 Å². The van der Waals surface area contributed by atoms with Crippen LogP contribution in [0.3, 0.4) is 0 Å². The van der Waals surface area contributed by atoms with Gasteiger partial charge in [0.25, 0.3) is 5.88 Å². The van der Waals surface area contributed by atoms with E-state index in [2.05, 4.69) is 14.9 Å². The van der Waals surface area contributed by atoms with Crippen molar-refractivity contribution in [3.8, 4) is 5.88 Å². The van der Waals surface area contributed by atoms with Crippen LogP contribution in [-0.2, 0) is 5.54 Å². The predicted octanol–water partition coefficient (Wildman–Crippen LogP) is 1.26. The number of nitrogens with zero attached hydrogens (tertiary/aromatic N) is 2. The lowest BCUT2D eigenvalue weighted by atomic mass is 9.93. The van der Waals surface area contributed by atoms with E-state index in [1.54, 1.807) is 12.3 Å². The van der Waals surface area contributed by atoms with Gasteiger partial charge in [-0.25, -0.2) is 15.2 Å². The van der Waals surface area contributed by atoms with Crippen LogP contribution in [0.2, 0.25) is 0 Å². The second-order valence-corrected chi connectivity index (χ2v) is 4.44. The van der Waals surface area contributed by atoms with E-state index in [0.717, 1.165) is 10.9 Å². The van der Waals surface area contributed by atoms with E-state index in [0.29, 0.717) is 11.2 Å². The Hall–Kier alpha value is -1.92. The molecule has 0 unspecified atom stereocenters. The molecule has 5 N–H and O–H groups in total. The summed E-state index contributed by atoms with van der Waals surface area (Å²) in [6.07, 6.45) is 3.06. The second kappa shape index (κ2) is 3.83. The topological polar surface area (TPSA) is 107 Å². The van der Waals surface area contributed by atoms with Crippen LogP contribution < -0.4 is 16.4 Å². The van der Waals surface area contributed by atoms with Crippen molar-refractivity contribution < 1.29 is 10.1 Å². The zero-order valence-corrected chi connectivity index (χ0v) is 9.64. The molecule has 90 valence electrons. The van der Waals surface area contributed by atoms with Gasteiger partial charge in [-0.15, -0.1) is 0 Å². The number of anilines is 1. The lowest BCUT2D eigenvalue weighted by molar-refractivity contribution is -0.140. The van der Waals surface area contributed by atoms with Gasteiger partial charge >= 0.3 is 0 Å². The molecule has 0 aromatic carbocycles. The molecule has 6 heteroatoms. The number of aromatic nitrogens is 2. The zero-order valence-electron chi connectivity index (χ0n) is 9.64.